The minimum atomic E-state index is -1.28. The van der Waals surface area contributed by atoms with Gasteiger partial charge in [0.2, 0.25) is 11.7 Å². The predicted molar refractivity (Wildman–Crippen MR) is 124 cm³/mol. The summed E-state index contributed by atoms with van der Waals surface area (Å²) in [6.07, 6.45) is -1.28. The van der Waals surface area contributed by atoms with Crippen molar-refractivity contribution in [1.82, 2.24) is 4.98 Å². The lowest BCUT2D eigenvalue weighted by Crippen LogP contribution is -2.26. The lowest BCUT2D eigenvalue weighted by Gasteiger charge is -2.19. The van der Waals surface area contributed by atoms with E-state index in [2.05, 4.69) is 10.3 Å². The summed E-state index contributed by atoms with van der Waals surface area (Å²) in [5, 5.41) is 3.21. The standard InChI is InChI=1S/C26H20N2O5/c1-16(29)18-10-7-11-19(14-18)27-25(31)24(17-8-3-2-4-9-17)33-26(32)21-15-23(30)28-22-13-6-5-12-20(21)22/h2-15,24H,1H3,(H,27,31)(H,28,30). The van der Waals surface area contributed by atoms with Crippen LogP contribution in [-0.2, 0) is 9.53 Å². The molecule has 1 aromatic heterocycles. The number of carbonyl (C=O) groups is 3. The number of rotatable bonds is 6. The summed E-state index contributed by atoms with van der Waals surface area (Å²) in [6.45, 7) is 1.43. The Morgan fingerprint density at radius 1 is 0.879 bits per heavy atom. The molecule has 1 amide bonds. The molecule has 4 rings (SSSR count). The number of H-pyrrole nitrogens is 1. The van der Waals surface area contributed by atoms with Gasteiger partial charge in [0.25, 0.3) is 5.91 Å². The van der Waals surface area contributed by atoms with E-state index in [4.69, 9.17) is 4.74 Å². The van der Waals surface area contributed by atoms with Gasteiger partial charge in [-0.3, -0.25) is 14.4 Å². The fraction of sp³-hybridized carbons (Fsp3) is 0.0769. The number of aromatic nitrogens is 1. The molecule has 0 saturated carbocycles. The van der Waals surface area contributed by atoms with Crippen LogP contribution in [-0.4, -0.2) is 22.6 Å². The molecule has 33 heavy (non-hydrogen) atoms. The van der Waals surface area contributed by atoms with Gasteiger partial charge in [0, 0.05) is 33.8 Å². The third kappa shape index (κ3) is 4.88. The number of esters is 1. The van der Waals surface area contributed by atoms with Crippen molar-refractivity contribution in [1.29, 1.82) is 0 Å². The maximum atomic E-state index is 13.2. The van der Waals surface area contributed by atoms with Crippen molar-refractivity contribution in [2.24, 2.45) is 0 Å². The van der Waals surface area contributed by atoms with Crippen molar-refractivity contribution in [2.45, 2.75) is 13.0 Å². The quantitative estimate of drug-likeness (QED) is 0.344. The van der Waals surface area contributed by atoms with Gasteiger partial charge >= 0.3 is 5.97 Å². The van der Waals surface area contributed by atoms with Crippen LogP contribution in [0.1, 0.15) is 39.3 Å². The molecule has 0 aliphatic rings. The molecule has 0 aliphatic carbocycles. The number of nitrogens with one attached hydrogen (secondary N) is 2. The van der Waals surface area contributed by atoms with Crippen LogP contribution in [0.5, 0.6) is 0 Å². The molecular formula is C26H20N2O5. The average molecular weight is 440 g/mol. The number of fused-ring (bicyclic) bond motifs is 1. The van der Waals surface area contributed by atoms with Gasteiger partial charge in [0.15, 0.2) is 5.78 Å². The number of Topliss-reactive ketones (excluding diaryl/α,β-unsaturated/α-hetero) is 1. The second-order valence-corrected chi connectivity index (χ2v) is 7.42. The van der Waals surface area contributed by atoms with Crippen LogP contribution in [0.4, 0.5) is 5.69 Å². The molecule has 1 unspecified atom stereocenters. The highest BCUT2D eigenvalue weighted by Gasteiger charge is 2.27. The van der Waals surface area contributed by atoms with Crippen LogP contribution in [0.15, 0.2) is 89.7 Å². The third-order valence-electron chi connectivity index (χ3n) is 5.07. The highest BCUT2D eigenvalue weighted by atomic mass is 16.5. The van der Waals surface area contributed by atoms with Gasteiger partial charge in [-0.15, -0.1) is 0 Å². The monoisotopic (exact) mass is 440 g/mol. The molecule has 0 radical (unpaired) electrons. The third-order valence-corrected chi connectivity index (χ3v) is 5.07. The minimum absolute atomic E-state index is 0.0571. The fourth-order valence-electron chi connectivity index (χ4n) is 3.47. The van der Waals surface area contributed by atoms with E-state index in [0.717, 1.165) is 6.07 Å². The van der Waals surface area contributed by atoms with Gasteiger partial charge in [-0.05, 0) is 25.1 Å². The van der Waals surface area contributed by atoms with Crippen LogP contribution in [0.25, 0.3) is 10.9 Å². The Bertz CT molecular complexity index is 1410. The maximum Gasteiger partial charge on any atom is 0.340 e. The Morgan fingerprint density at radius 3 is 2.36 bits per heavy atom. The molecule has 7 heteroatoms. The summed E-state index contributed by atoms with van der Waals surface area (Å²) in [5.41, 5.74) is 1.38. The Labute approximate surface area is 189 Å². The average Bonchev–Trinajstić information content (AvgIpc) is 2.82. The van der Waals surface area contributed by atoms with Crippen molar-refractivity contribution in [2.75, 3.05) is 5.32 Å². The Kier molecular flexibility index (Phi) is 6.13. The molecule has 0 saturated heterocycles. The summed E-state index contributed by atoms with van der Waals surface area (Å²) >= 11 is 0. The number of amides is 1. The van der Waals surface area contributed by atoms with E-state index in [-0.39, 0.29) is 11.3 Å². The predicted octanol–water partition coefficient (Wildman–Crippen LogP) is 4.27. The number of carbonyl (C=O) groups excluding carboxylic acids is 3. The Hall–Kier alpha value is -4.52. The van der Waals surface area contributed by atoms with Crippen molar-refractivity contribution in [3.05, 3.63) is 112 Å². The molecule has 2 N–H and O–H groups in total. The normalized spacial score (nSPS) is 11.5. The van der Waals surface area contributed by atoms with Crippen LogP contribution < -0.4 is 10.9 Å². The molecule has 0 aliphatic heterocycles. The number of aromatic amines is 1. The van der Waals surface area contributed by atoms with E-state index in [1.165, 1.54) is 6.92 Å². The van der Waals surface area contributed by atoms with Gasteiger partial charge in [-0.2, -0.15) is 0 Å². The van der Waals surface area contributed by atoms with E-state index in [1.54, 1.807) is 78.9 Å². The number of ether oxygens (including phenoxy) is 1. The summed E-state index contributed by atoms with van der Waals surface area (Å²) in [5.74, 6) is -1.54. The second-order valence-electron chi connectivity index (χ2n) is 7.42. The number of benzene rings is 3. The van der Waals surface area contributed by atoms with Gasteiger partial charge in [0.1, 0.15) is 0 Å². The number of ketones is 1. The lowest BCUT2D eigenvalue weighted by atomic mass is 10.1. The molecule has 0 bridgehead atoms. The first-order valence-electron chi connectivity index (χ1n) is 10.2. The smallest absolute Gasteiger partial charge is 0.340 e. The van der Waals surface area contributed by atoms with E-state index in [9.17, 15) is 19.2 Å². The van der Waals surface area contributed by atoms with E-state index in [1.807, 2.05) is 0 Å². The van der Waals surface area contributed by atoms with E-state index in [0.29, 0.717) is 27.7 Å². The van der Waals surface area contributed by atoms with Crippen molar-refractivity contribution in [3.63, 3.8) is 0 Å². The fourth-order valence-corrected chi connectivity index (χ4v) is 3.47. The molecular weight excluding hydrogens is 420 g/mol. The van der Waals surface area contributed by atoms with Crippen LogP contribution in [0.2, 0.25) is 0 Å². The SMILES string of the molecule is CC(=O)c1cccc(NC(=O)C(OC(=O)c2cc(=O)[nH]c3ccccc23)c2ccccc2)c1. The van der Waals surface area contributed by atoms with E-state index >= 15 is 0 Å². The Morgan fingerprint density at radius 2 is 1.61 bits per heavy atom. The summed E-state index contributed by atoms with van der Waals surface area (Å²) in [7, 11) is 0. The first-order chi connectivity index (χ1) is 15.9. The van der Waals surface area contributed by atoms with Crippen molar-refractivity contribution in [3.8, 4) is 0 Å². The maximum absolute atomic E-state index is 13.2. The van der Waals surface area contributed by atoms with Gasteiger partial charge in [-0.1, -0.05) is 60.7 Å². The molecule has 1 heterocycles. The molecule has 1 atom stereocenters. The summed E-state index contributed by atoms with van der Waals surface area (Å²) < 4.78 is 5.63. The zero-order valence-electron chi connectivity index (χ0n) is 17.7. The molecule has 0 fully saturated rings. The summed E-state index contributed by atoms with van der Waals surface area (Å²) in [4.78, 5) is 52.6. The van der Waals surface area contributed by atoms with Crippen LogP contribution in [0, 0.1) is 0 Å². The summed E-state index contributed by atoms with van der Waals surface area (Å²) in [6, 6.07) is 23.0. The Balaban J connectivity index is 1.67. The lowest BCUT2D eigenvalue weighted by molar-refractivity contribution is -0.125. The van der Waals surface area contributed by atoms with Gasteiger partial charge in [0.05, 0.1) is 5.56 Å². The number of pyridine rings is 1. The first-order valence-corrected chi connectivity index (χ1v) is 10.2. The second kappa shape index (κ2) is 9.32. The molecule has 3 aromatic carbocycles. The van der Waals surface area contributed by atoms with Crippen molar-refractivity contribution < 1.29 is 19.1 Å². The molecule has 0 spiro atoms. The number of hydrogen-bond donors (Lipinski definition) is 2. The molecule has 164 valence electrons. The zero-order chi connectivity index (χ0) is 23.4. The van der Waals surface area contributed by atoms with Gasteiger partial charge in [-0.25, -0.2) is 4.79 Å². The highest BCUT2D eigenvalue weighted by molar-refractivity contribution is 6.05. The number of para-hydroxylation sites is 1. The number of hydrogen-bond acceptors (Lipinski definition) is 5. The molecule has 4 aromatic rings. The number of anilines is 1. The van der Waals surface area contributed by atoms with Crippen LogP contribution >= 0.6 is 0 Å². The molecule has 7 nitrogen and oxygen atoms in total. The van der Waals surface area contributed by atoms with Crippen LogP contribution in [0.3, 0.4) is 0 Å². The van der Waals surface area contributed by atoms with E-state index < -0.39 is 23.5 Å². The van der Waals surface area contributed by atoms with Crippen molar-refractivity contribution >= 4 is 34.3 Å². The largest absolute Gasteiger partial charge is 0.444 e. The highest BCUT2D eigenvalue weighted by Crippen LogP contribution is 2.24. The zero-order valence-corrected chi connectivity index (χ0v) is 17.7. The van der Waals surface area contributed by atoms with Gasteiger partial charge < -0.3 is 15.0 Å². The topological polar surface area (TPSA) is 105 Å². The minimum Gasteiger partial charge on any atom is -0.444 e. The first kappa shape index (κ1) is 21.7.